The van der Waals surface area contributed by atoms with Crippen LogP contribution in [0.4, 0.5) is 9.59 Å². The van der Waals surface area contributed by atoms with Crippen LogP contribution in [-0.4, -0.2) is 76.8 Å². The van der Waals surface area contributed by atoms with E-state index in [0.717, 1.165) is 5.56 Å². The van der Waals surface area contributed by atoms with Gasteiger partial charge in [-0.2, -0.15) is 5.06 Å². The number of urea groups is 1. The van der Waals surface area contributed by atoms with Crippen molar-refractivity contribution in [3.8, 4) is 0 Å². The Hall–Kier alpha value is -2.85. The number of piperidine rings is 1. The number of likely N-dealkylation sites (tertiary alicyclic amines) is 1. The smallest absolute Gasteiger partial charge is 0.410 e. The lowest BCUT2D eigenvalue weighted by Crippen LogP contribution is -2.54. The summed E-state index contributed by atoms with van der Waals surface area (Å²) in [5.74, 6) is -0.209. The first-order valence-corrected chi connectivity index (χ1v) is 11.4. The molecule has 0 radical (unpaired) electrons. The zero-order valence-electron chi connectivity index (χ0n) is 19.4. The zero-order valence-corrected chi connectivity index (χ0v) is 19.4. The minimum absolute atomic E-state index is 0.0556. The van der Waals surface area contributed by atoms with E-state index in [1.165, 1.54) is 5.06 Å². The van der Waals surface area contributed by atoms with Crippen molar-refractivity contribution in [2.75, 3.05) is 26.2 Å². The first-order valence-electron chi connectivity index (χ1n) is 11.4. The van der Waals surface area contributed by atoms with Gasteiger partial charge in [0.1, 0.15) is 18.2 Å². The van der Waals surface area contributed by atoms with Gasteiger partial charge in [-0.3, -0.25) is 14.5 Å². The van der Waals surface area contributed by atoms with Crippen LogP contribution < -0.4 is 5.48 Å². The second kappa shape index (κ2) is 9.56. The van der Waals surface area contributed by atoms with Crippen molar-refractivity contribution in [3.63, 3.8) is 0 Å². The van der Waals surface area contributed by atoms with E-state index in [4.69, 9.17) is 14.4 Å². The van der Waals surface area contributed by atoms with Crippen molar-refractivity contribution in [2.45, 2.75) is 57.9 Å². The molecule has 10 nitrogen and oxygen atoms in total. The fraction of sp³-hybridized carbons (Fsp3) is 0.609. The number of benzene rings is 1. The van der Waals surface area contributed by atoms with E-state index in [-0.39, 0.29) is 30.0 Å². The summed E-state index contributed by atoms with van der Waals surface area (Å²) < 4.78 is 5.33. The van der Waals surface area contributed by atoms with E-state index in [9.17, 15) is 14.4 Å². The van der Waals surface area contributed by atoms with Crippen LogP contribution in [0.5, 0.6) is 0 Å². The van der Waals surface area contributed by atoms with E-state index in [0.29, 0.717) is 45.7 Å². The Balaban J connectivity index is 1.18. The van der Waals surface area contributed by atoms with Gasteiger partial charge in [-0.05, 0) is 39.2 Å². The second-order valence-electron chi connectivity index (χ2n) is 9.80. The summed E-state index contributed by atoms with van der Waals surface area (Å²) in [5, 5.41) is 1.40. The minimum Gasteiger partial charge on any atom is -0.444 e. The molecule has 1 aromatic carbocycles. The number of hydroxylamine groups is 3. The molecule has 2 bridgehead atoms. The summed E-state index contributed by atoms with van der Waals surface area (Å²) in [7, 11) is 0. The maximum absolute atomic E-state index is 12.8. The van der Waals surface area contributed by atoms with Gasteiger partial charge in [0.2, 0.25) is 0 Å². The number of amides is 4. The van der Waals surface area contributed by atoms with Gasteiger partial charge in [-0.15, -0.1) is 0 Å². The fourth-order valence-corrected chi connectivity index (χ4v) is 4.24. The molecule has 1 unspecified atom stereocenters. The van der Waals surface area contributed by atoms with Crippen LogP contribution in [0.2, 0.25) is 0 Å². The van der Waals surface area contributed by atoms with E-state index < -0.39 is 11.6 Å². The molecule has 10 heteroatoms. The Kier molecular flexibility index (Phi) is 6.76. The molecule has 180 valence electrons. The average Bonchev–Trinajstić information content (AvgIpc) is 2.97. The Labute approximate surface area is 193 Å². The molecule has 0 aromatic heterocycles. The molecule has 0 spiro atoms. The predicted octanol–water partition coefficient (Wildman–Crippen LogP) is 2.30. The number of carbonyl (C=O) groups excluding carboxylic acids is 3. The highest BCUT2D eigenvalue weighted by atomic mass is 16.7. The minimum atomic E-state index is -0.585. The van der Waals surface area contributed by atoms with Crippen molar-refractivity contribution in [2.24, 2.45) is 5.92 Å². The topological polar surface area (TPSA) is 101 Å². The van der Waals surface area contributed by atoms with Crippen LogP contribution in [0.1, 0.15) is 39.2 Å². The lowest BCUT2D eigenvalue weighted by molar-refractivity contribution is -0.142. The van der Waals surface area contributed by atoms with Gasteiger partial charge in [0.15, 0.2) is 0 Å². The van der Waals surface area contributed by atoms with Crippen molar-refractivity contribution < 1.29 is 28.8 Å². The summed E-state index contributed by atoms with van der Waals surface area (Å²) in [6.45, 7) is 7.58. The van der Waals surface area contributed by atoms with Gasteiger partial charge in [0.25, 0.3) is 5.91 Å². The lowest BCUT2D eigenvalue weighted by Gasteiger charge is -2.39. The summed E-state index contributed by atoms with van der Waals surface area (Å²) in [6.07, 6.45) is 0.890. The molecule has 4 rings (SSSR count). The van der Waals surface area contributed by atoms with Crippen molar-refractivity contribution in [1.82, 2.24) is 20.3 Å². The van der Waals surface area contributed by atoms with Gasteiger partial charge >= 0.3 is 12.1 Å². The number of nitrogens with zero attached hydrogens (tertiary/aromatic N) is 3. The summed E-state index contributed by atoms with van der Waals surface area (Å²) >= 11 is 0. The lowest BCUT2D eigenvalue weighted by atomic mass is 10.0. The Morgan fingerprint density at radius 1 is 1.09 bits per heavy atom. The van der Waals surface area contributed by atoms with E-state index in [1.54, 1.807) is 9.80 Å². The first kappa shape index (κ1) is 23.3. The van der Waals surface area contributed by atoms with Gasteiger partial charge in [0.05, 0.1) is 12.6 Å². The Morgan fingerprint density at radius 3 is 2.52 bits per heavy atom. The summed E-state index contributed by atoms with van der Waals surface area (Å²) in [4.78, 5) is 51.8. The maximum atomic E-state index is 12.8. The molecule has 3 aliphatic heterocycles. The average molecular weight is 461 g/mol. The third-order valence-electron chi connectivity index (χ3n) is 5.94. The molecular weight excluding hydrogens is 428 g/mol. The highest BCUT2D eigenvalue weighted by Gasteiger charge is 2.48. The third kappa shape index (κ3) is 5.56. The SMILES string of the molecule is CC(C)(C)OC(=O)N1CC(CONC(=O)C2CC[C@@H]3CN2C(=O)N3OCc2ccccc2)C1. The predicted molar refractivity (Wildman–Crippen MR) is 117 cm³/mol. The molecule has 1 aromatic rings. The molecule has 3 saturated heterocycles. The van der Waals surface area contributed by atoms with Crippen LogP contribution in [0.25, 0.3) is 0 Å². The highest BCUT2D eigenvalue weighted by molar-refractivity contribution is 5.88. The van der Waals surface area contributed by atoms with E-state index in [2.05, 4.69) is 5.48 Å². The van der Waals surface area contributed by atoms with Gasteiger partial charge < -0.3 is 14.5 Å². The normalized spacial score (nSPS) is 22.9. The van der Waals surface area contributed by atoms with Crippen LogP contribution in [0.15, 0.2) is 30.3 Å². The Morgan fingerprint density at radius 2 is 1.82 bits per heavy atom. The number of fused-ring (bicyclic) bond motifs is 2. The number of rotatable bonds is 7. The number of hydrogen-bond acceptors (Lipinski definition) is 6. The maximum Gasteiger partial charge on any atom is 0.410 e. The number of ether oxygens (including phenoxy) is 1. The standard InChI is InChI=1S/C23H32N4O6/c1-23(2,3)33-22(30)25-11-17(12-25)14-31-24-20(28)19-10-9-18-13-26(19)21(29)27(18)32-15-16-7-5-4-6-8-16/h4-8,17-19H,9-15H2,1-3H3,(H,24,28)/t18-,19?/m1/s1. The number of carbonyl (C=O) groups is 3. The van der Waals surface area contributed by atoms with Crippen LogP contribution in [-0.2, 0) is 25.8 Å². The second-order valence-corrected chi connectivity index (χ2v) is 9.80. The summed E-state index contributed by atoms with van der Waals surface area (Å²) in [6, 6.07) is 8.72. The molecule has 1 N–H and O–H groups in total. The fourth-order valence-electron chi connectivity index (χ4n) is 4.24. The van der Waals surface area contributed by atoms with Gasteiger partial charge in [0, 0.05) is 25.6 Å². The monoisotopic (exact) mass is 460 g/mol. The quantitative estimate of drug-likeness (QED) is 0.627. The number of hydrogen-bond donors (Lipinski definition) is 1. The Bertz CT molecular complexity index is 867. The van der Waals surface area contributed by atoms with E-state index in [1.807, 2.05) is 51.1 Å². The van der Waals surface area contributed by atoms with Crippen LogP contribution in [0.3, 0.4) is 0 Å². The van der Waals surface area contributed by atoms with Gasteiger partial charge in [-0.25, -0.2) is 15.1 Å². The molecule has 33 heavy (non-hydrogen) atoms. The number of nitrogens with one attached hydrogen (secondary N) is 1. The molecule has 0 saturated carbocycles. The van der Waals surface area contributed by atoms with Crippen molar-refractivity contribution in [1.29, 1.82) is 0 Å². The molecule has 0 aliphatic carbocycles. The van der Waals surface area contributed by atoms with Gasteiger partial charge in [-0.1, -0.05) is 30.3 Å². The van der Waals surface area contributed by atoms with Crippen molar-refractivity contribution >= 4 is 18.0 Å². The van der Waals surface area contributed by atoms with Crippen molar-refractivity contribution in [3.05, 3.63) is 35.9 Å². The molecule has 2 atom stereocenters. The summed E-state index contributed by atoms with van der Waals surface area (Å²) in [5.41, 5.74) is 2.93. The van der Waals surface area contributed by atoms with E-state index >= 15 is 0 Å². The molecule has 4 amide bonds. The van der Waals surface area contributed by atoms with Crippen LogP contribution >= 0.6 is 0 Å². The largest absolute Gasteiger partial charge is 0.444 e. The molecule has 3 heterocycles. The zero-order chi connectivity index (χ0) is 23.6. The first-order chi connectivity index (χ1) is 15.7. The molecule has 3 fully saturated rings. The molecule has 3 aliphatic rings. The molecular formula is C23H32N4O6. The third-order valence-corrected chi connectivity index (χ3v) is 5.94. The van der Waals surface area contributed by atoms with Crippen LogP contribution in [0, 0.1) is 5.92 Å². The highest BCUT2D eigenvalue weighted by Crippen LogP contribution is 2.30.